The van der Waals surface area contributed by atoms with E-state index in [1.807, 2.05) is 19.1 Å². The van der Waals surface area contributed by atoms with E-state index < -0.39 is 20.0 Å². The molecule has 0 atom stereocenters. The molecule has 0 N–H and O–H groups in total. The Kier molecular flexibility index (Phi) is 5.45. The van der Waals surface area contributed by atoms with E-state index in [0.29, 0.717) is 16.0 Å². The van der Waals surface area contributed by atoms with Crippen molar-refractivity contribution < 1.29 is 16.8 Å². The van der Waals surface area contributed by atoms with Gasteiger partial charge in [-0.3, -0.25) is 0 Å². The summed E-state index contributed by atoms with van der Waals surface area (Å²) in [5.74, 6) is 0. The molecule has 1 saturated heterocycles. The van der Waals surface area contributed by atoms with Crippen molar-refractivity contribution in [2.75, 3.05) is 26.2 Å². The van der Waals surface area contributed by atoms with Crippen molar-refractivity contribution in [1.82, 2.24) is 8.61 Å². The van der Waals surface area contributed by atoms with Gasteiger partial charge in [-0.25, -0.2) is 16.8 Å². The number of benzene rings is 2. The number of piperazine rings is 1. The normalized spacial score (nSPS) is 17.1. The van der Waals surface area contributed by atoms with Crippen LogP contribution >= 0.6 is 0 Å². The van der Waals surface area contributed by atoms with Crippen molar-refractivity contribution in [3.05, 3.63) is 59.2 Å². The molecular weight excluding hydrogens is 384 g/mol. The molecule has 0 amide bonds. The van der Waals surface area contributed by atoms with Crippen LogP contribution in [0.1, 0.15) is 16.7 Å². The van der Waals surface area contributed by atoms with E-state index in [1.165, 1.54) is 8.61 Å². The first-order valence-corrected chi connectivity index (χ1v) is 11.7. The predicted octanol–water partition coefficient (Wildman–Crippen LogP) is 2.31. The third-order valence-corrected chi connectivity index (χ3v) is 8.90. The Hall–Kier alpha value is -1.74. The number of hydrogen-bond acceptors (Lipinski definition) is 4. The Balaban J connectivity index is 1.82. The summed E-state index contributed by atoms with van der Waals surface area (Å²) in [5, 5.41) is 0. The summed E-state index contributed by atoms with van der Waals surface area (Å²) in [7, 11) is -7.27. The number of hydrogen-bond donors (Lipinski definition) is 0. The zero-order chi connectivity index (χ0) is 19.8. The quantitative estimate of drug-likeness (QED) is 0.778. The summed E-state index contributed by atoms with van der Waals surface area (Å²) < 4.78 is 54.4. The average Bonchev–Trinajstić information content (AvgIpc) is 2.61. The zero-order valence-corrected chi connectivity index (χ0v) is 17.3. The Labute approximate surface area is 161 Å². The van der Waals surface area contributed by atoms with Crippen LogP contribution in [0, 0.1) is 20.8 Å². The molecule has 27 heavy (non-hydrogen) atoms. The Bertz CT molecular complexity index is 1020. The largest absolute Gasteiger partial charge is 0.243 e. The monoisotopic (exact) mass is 408 g/mol. The van der Waals surface area contributed by atoms with E-state index >= 15 is 0 Å². The fourth-order valence-electron chi connectivity index (χ4n) is 3.59. The van der Waals surface area contributed by atoms with Crippen LogP contribution in [0.4, 0.5) is 0 Å². The second kappa shape index (κ2) is 7.35. The highest BCUT2D eigenvalue weighted by Crippen LogP contribution is 2.27. The lowest BCUT2D eigenvalue weighted by molar-refractivity contribution is 0.272. The molecule has 1 aliphatic heterocycles. The van der Waals surface area contributed by atoms with Gasteiger partial charge in [0.25, 0.3) is 0 Å². The summed E-state index contributed by atoms with van der Waals surface area (Å²) in [6, 6.07) is 11.9. The molecule has 146 valence electrons. The molecule has 1 fully saturated rings. The minimum Gasteiger partial charge on any atom is -0.207 e. The predicted molar refractivity (Wildman–Crippen MR) is 105 cm³/mol. The lowest BCUT2D eigenvalue weighted by Crippen LogP contribution is -2.50. The van der Waals surface area contributed by atoms with Gasteiger partial charge < -0.3 is 0 Å². The van der Waals surface area contributed by atoms with E-state index in [-0.39, 0.29) is 31.1 Å². The van der Waals surface area contributed by atoms with Gasteiger partial charge in [-0.15, -0.1) is 0 Å². The Morgan fingerprint density at radius 2 is 1.15 bits per heavy atom. The number of sulfonamides is 2. The second-order valence-corrected chi connectivity index (χ2v) is 10.7. The highest BCUT2D eigenvalue weighted by molar-refractivity contribution is 7.89. The summed E-state index contributed by atoms with van der Waals surface area (Å²) in [6.45, 7) is 6.08. The minimum atomic E-state index is -3.66. The van der Waals surface area contributed by atoms with Crippen LogP contribution in [-0.4, -0.2) is 51.6 Å². The van der Waals surface area contributed by atoms with Crippen molar-refractivity contribution in [2.24, 2.45) is 0 Å². The van der Waals surface area contributed by atoms with E-state index in [1.54, 1.807) is 44.2 Å². The maximum Gasteiger partial charge on any atom is 0.243 e. The molecule has 8 heteroatoms. The van der Waals surface area contributed by atoms with Crippen LogP contribution in [0.2, 0.25) is 0 Å². The van der Waals surface area contributed by atoms with Gasteiger partial charge in [-0.05, 0) is 44.0 Å². The van der Waals surface area contributed by atoms with Crippen LogP contribution in [-0.2, 0) is 20.0 Å². The van der Waals surface area contributed by atoms with Crippen molar-refractivity contribution in [3.8, 4) is 0 Å². The van der Waals surface area contributed by atoms with Crippen molar-refractivity contribution in [1.29, 1.82) is 0 Å². The van der Waals surface area contributed by atoms with Crippen molar-refractivity contribution >= 4 is 20.0 Å². The first-order valence-electron chi connectivity index (χ1n) is 8.77. The first kappa shape index (κ1) is 20.0. The summed E-state index contributed by atoms with van der Waals surface area (Å²) in [4.78, 5) is 0.555. The average molecular weight is 409 g/mol. The topological polar surface area (TPSA) is 74.8 Å². The van der Waals surface area contributed by atoms with Crippen molar-refractivity contribution in [3.63, 3.8) is 0 Å². The standard InChI is InChI=1S/C19H24N2O4S2/c1-15-13-16(2)19(17(3)14-15)27(24,25)21-11-9-20(10-12-21)26(22,23)18-7-5-4-6-8-18/h4-8,13-14H,9-12H2,1-3H3. The summed E-state index contributed by atoms with van der Waals surface area (Å²) in [5.41, 5.74) is 2.45. The van der Waals surface area contributed by atoms with Crippen LogP contribution in [0.25, 0.3) is 0 Å². The second-order valence-electron chi connectivity index (χ2n) is 6.85. The van der Waals surface area contributed by atoms with Crippen LogP contribution in [0.3, 0.4) is 0 Å². The number of aryl methyl sites for hydroxylation is 3. The smallest absolute Gasteiger partial charge is 0.207 e. The lowest BCUT2D eigenvalue weighted by atomic mass is 10.1. The SMILES string of the molecule is Cc1cc(C)c(S(=O)(=O)N2CCN(S(=O)(=O)c3ccccc3)CC2)c(C)c1. The molecule has 0 saturated carbocycles. The first-order chi connectivity index (χ1) is 12.6. The number of nitrogens with zero attached hydrogens (tertiary/aromatic N) is 2. The van der Waals surface area contributed by atoms with Gasteiger partial charge in [-0.2, -0.15) is 8.61 Å². The molecule has 2 aromatic rings. The Morgan fingerprint density at radius 1 is 0.704 bits per heavy atom. The summed E-state index contributed by atoms with van der Waals surface area (Å²) >= 11 is 0. The molecule has 6 nitrogen and oxygen atoms in total. The molecule has 3 rings (SSSR count). The molecule has 1 heterocycles. The zero-order valence-electron chi connectivity index (χ0n) is 15.7. The maximum absolute atomic E-state index is 13.1. The van der Waals surface area contributed by atoms with E-state index in [0.717, 1.165) is 5.56 Å². The van der Waals surface area contributed by atoms with Gasteiger partial charge in [-0.1, -0.05) is 35.9 Å². The van der Waals surface area contributed by atoms with Gasteiger partial charge in [0.1, 0.15) is 0 Å². The molecule has 0 aliphatic carbocycles. The fourth-order valence-corrected chi connectivity index (χ4v) is 6.87. The lowest BCUT2D eigenvalue weighted by Gasteiger charge is -2.33. The van der Waals surface area contributed by atoms with Gasteiger partial charge in [0.05, 0.1) is 9.79 Å². The van der Waals surface area contributed by atoms with Gasteiger partial charge in [0.15, 0.2) is 0 Å². The molecule has 2 aromatic carbocycles. The molecule has 0 aromatic heterocycles. The van der Waals surface area contributed by atoms with Gasteiger partial charge >= 0.3 is 0 Å². The van der Waals surface area contributed by atoms with Crippen LogP contribution < -0.4 is 0 Å². The third-order valence-electron chi connectivity index (χ3n) is 4.78. The molecule has 1 aliphatic rings. The molecule has 0 radical (unpaired) electrons. The third kappa shape index (κ3) is 3.80. The molecule has 0 bridgehead atoms. The maximum atomic E-state index is 13.1. The highest BCUT2D eigenvalue weighted by atomic mass is 32.2. The fraction of sp³-hybridized carbons (Fsp3) is 0.368. The van der Waals surface area contributed by atoms with Gasteiger partial charge in [0.2, 0.25) is 20.0 Å². The highest BCUT2D eigenvalue weighted by Gasteiger charge is 2.34. The van der Waals surface area contributed by atoms with E-state index in [2.05, 4.69) is 0 Å². The molecular formula is C19H24N2O4S2. The minimum absolute atomic E-state index is 0.139. The van der Waals surface area contributed by atoms with E-state index in [9.17, 15) is 16.8 Å². The van der Waals surface area contributed by atoms with Crippen molar-refractivity contribution in [2.45, 2.75) is 30.6 Å². The Morgan fingerprint density at radius 3 is 1.63 bits per heavy atom. The summed E-state index contributed by atoms with van der Waals surface area (Å²) in [6.07, 6.45) is 0. The molecule has 0 unspecified atom stereocenters. The number of rotatable bonds is 4. The van der Waals surface area contributed by atoms with E-state index in [4.69, 9.17) is 0 Å². The van der Waals surface area contributed by atoms with Crippen LogP contribution in [0.15, 0.2) is 52.3 Å². The van der Waals surface area contributed by atoms with Gasteiger partial charge in [0, 0.05) is 26.2 Å². The van der Waals surface area contributed by atoms with Crippen LogP contribution in [0.5, 0.6) is 0 Å². The molecule has 0 spiro atoms.